The maximum absolute atomic E-state index is 13.0. The van der Waals surface area contributed by atoms with E-state index in [-0.39, 0.29) is 11.4 Å². The van der Waals surface area contributed by atoms with Gasteiger partial charge >= 0.3 is 0 Å². The molecule has 0 radical (unpaired) electrons. The molecule has 0 aromatic heterocycles. The Bertz CT molecular complexity index is 1090. The van der Waals surface area contributed by atoms with Crippen molar-refractivity contribution in [2.75, 3.05) is 43.3 Å². The first kappa shape index (κ1) is 22.8. The number of hydrogen-bond acceptors (Lipinski definition) is 7. The lowest BCUT2D eigenvalue weighted by Crippen LogP contribution is -2.45. The van der Waals surface area contributed by atoms with Crippen LogP contribution in [0, 0.1) is 0 Å². The quantitative estimate of drug-likeness (QED) is 0.663. The Morgan fingerprint density at radius 3 is 2.35 bits per heavy atom. The number of amides is 1. The second-order valence-electron chi connectivity index (χ2n) is 6.74. The van der Waals surface area contributed by atoms with Crippen molar-refractivity contribution < 1.29 is 32.2 Å². The Morgan fingerprint density at radius 1 is 1.10 bits per heavy atom. The van der Waals surface area contributed by atoms with Crippen molar-refractivity contribution in [3.05, 3.63) is 35.4 Å². The highest BCUT2D eigenvalue weighted by molar-refractivity contribution is 7.92. The van der Waals surface area contributed by atoms with Crippen LogP contribution in [-0.2, 0) is 14.8 Å². The Balaban J connectivity index is 1.93. The zero-order chi connectivity index (χ0) is 22.8. The number of fused-ring (bicyclic) bond motifs is 1. The largest absolute Gasteiger partial charge is 0.495 e. The van der Waals surface area contributed by atoms with Crippen LogP contribution in [0.2, 0.25) is 5.02 Å². The van der Waals surface area contributed by atoms with Crippen molar-refractivity contribution in [3.8, 4) is 23.0 Å². The number of benzene rings is 2. The minimum Gasteiger partial charge on any atom is -0.495 e. The van der Waals surface area contributed by atoms with Crippen LogP contribution in [0.3, 0.4) is 0 Å². The molecule has 3 rings (SSSR count). The minimum absolute atomic E-state index is 0.273. The number of rotatable bonds is 7. The van der Waals surface area contributed by atoms with E-state index in [1.807, 2.05) is 0 Å². The zero-order valence-corrected chi connectivity index (χ0v) is 19.0. The molecule has 1 N–H and O–H groups in total. The number of sulfonamides is 1. The van der Waals surface area contributed by atoms with Crippen molar-refractivity contribution in [1.29, 1.82) is 0 Å². The number of ether oxygens (including phenoxy) is 4. The fraction of sp³-hybridized carbons (Fsp3) is 0.350. The number of anilines is 2. The normalized spacial score (nSPS) is 13.8. The smallest absolute Gasteiger partial charge is 0.248 e. The lowest BCUT2D eigenvalue weighted by molar-refractivity contribution is -0.116. The van der Waals surface area contributed by atoms with E-state index in [4.69, 9.17) is 30.5 Å². The second-order valence-corrected chi connectivity index (χ2v) is 9.01. The summed E-state index contributed by atoms with van der Waals surface area (Å²) in [6, 6.07) is 6.61. The number of hydrogen-bond donors (Lipinski definition) is 1. The van der Waals surface area contributed by atoms with E-state index in [0.717, 1.165) is 10.6 Å². The molecular formula is C20H23ClN2O7S. The van der Waals surface area contributed by atoms with E-state index in [0.29, 0.717) is 41.2 Å². The number of nitrogens with one attached hydrogen (secondary N) is 1. The fourth-order valence-electron chi connectivity index (χ4n) is 3.17. The number of methoxy groups -OCH3 is 2. The topological polar surface area (TPSA) is 103 Å². The molecular weight excluding hydrogens is 448 g/mol. The molecule has 0 unspecified atom stereocenters. The fourth-order valence-corrected chi connectivity index (χ4v) is 4.57. The van der Waals surface area contributed by atoms with E-state index in [1.165, 1.54) is 39.3 Å². The third-order valence-corrected chi connectivity index (χ3v) is 6.14. The van der Waals surface area contributed by atoms with E-state index >= 15 is 0 Å². The van der Waals surface area contributed by atoms with Crippen LogP contribution in [-0.4, -0.2) is 54.1 Å². The summed E-state index contributed by atoms with van der Waals surface area (Å²) < 4.78 is 47.6. The summed E-state index contributed by atoms with van der Waals surface area (Å²) in [4.78, 5) is 13.0. The van der Waals surface area contributed by atoms with Crippen LogP contribution in [0.1, 0.15) is 6.92 Å². The standard InChI is InChI=1S/C20H23ClN2O7S/c1-12(20(24)22-15-11-17(27-2)14(21)10-18(15)28-3)23(31(4,25)26)13-5-6-16-19(9-13)30-8-7-29-16/h5-6,9-12H,7-8H2,1-4H3,(H,22,24)/t12-/m0/s1. The van der Waals surface area contributed by atoms with Gasteiger partial charge in [-0.05, 0) is 19.1 Å². The van der Waals surface area contributed by atoms with Crippen molar-refractivity contribution in [2.24, 2.45) is 0 Å². The third kappa shape index (κ3) is 4.91. The molecule has 11 heteroatoms. The van der Waals surface area contributed by atoms with Crippen LogP contribution in [0.4, 0.5) is 11.4 Å². The van der Waals surface area contributed by atoms with Crippen LogP contribution in [0.15, 0.2) is 30.3 Å². The summed E-state index contributed by atoms with van der Waals surface area (Å²) in [6.45, 7) is 2.24. The van der Waals surface area contributed by atoms with Gasteiger partial charge in [0.1, 0.15) is 30.8 Å². The van der Waals surface area contributed by atoms with Crippen molar-refractivity contribution >= 4 is 38.9 Å². The second kappa shape index (κ2) is 9.11. The molecule has 2 aromatic carbocycles. The first-order chi connectivity index (χ1) is 14.7. The Morgan fingerprint density at radius 2 is 1.74 bits per heavy atom. The molecule has 1 aliphatic heterocycles. The van der Waals surface area contributed by atoms with Gasteiger partial charge in [-0.1, -0.05) is 11.6 Å². The van der Waals surface area contributed by atoms with Gasteiger partial charge in [-0.15, -0.1) is 0 Å². The highest BCUT2D eigenvalue weighted by atomic mass is 35.5. The first-order valence-electron chi connectivity index (χ1n) is 9.27. The Hall–Kier alpha value is -2.85. The van der Waals surface area contributed by atoms with Gasteiger partial charge < -0.3 is 24.3 Å². The highest BCUT2D eigenvalue weighted by Gasteiger charge is 2.31. The van der Waals surface area contributed by atoms with Crippen LogP contribution in [0.5, 0.6) is 23.0 Å². The van der Waals surface area contributed by atoms with Gasteiger partial charge in [0.15, 0.2) is 11.5 Å². The molecule has 168 valence electrons. The molecule has 1 amide bonds. The molecule has 0 bridgehead atoms. The zero-order valence-electron chi connectivity index (χ0n) is 17.5. The number of carbonyl (C=O) groups excluding carboxylic acids is 1. The summed E-state index contributed by atoms with van der Waals surface area (Å²) in [7, 11) is -0.952. The molecule has 0 fully saturated rings. The van der Waals surface area contributed by atoms with E-state index in [1.54, 1.807) is 12.1 Å². The molecule has 0 spiro atoms. The monoisotopic (exact) mass is 470 g/mol. The molecule has 31 heavy (non-hydrogen) atoms. The van der Waals surface area contributed by atoms with E-state index < -0.39 is 22.0 Å². The van der Waals surface area contributed by atoms with Gasteiger partial charge in [-0.25, -0.2) is 8.42 Å². The highest BCUT2D eigenvalue weighted by Crippen LogP contribution is 2.37. The van der Waals surface area contributed by atoms with Gasteiger partial charge in [-0.2, -0.15) is 0 Å². The van der Waals surface area contributed by atoms with Crippen LogP contribution in [0.25, 0.3) is 0 Å². The van der Waals surface area contributed by atoms with Gasteiger partial charge in [-0.3, -0.25) is 9.10 Å². The van der Waals surface area contributed by atoms with Gasteiger partial charge in [0.05, 0.1) is 36.9 Å². The lowest BCUT2D eigenvalue weighted by Gasteiger charge is -2.29. The molecule has 2 aromatic rings. The summed E-state index contributed by atoms with van der Waals surface area (Å²) in [5, 5.41) is 2.99. The van der Waals surface area contributed by atoms with E-state index in [2.05, 4.69) is 5.32 Å². The summed E-state index contributed by atoms with van der Waals surface area (Å²) >= 11 is 6.10. The molecule has 0 saturated heterocycles. The molecule has 0 aliphatic carbocycles. The van der Waals surface area contributed by atoms with Crippen LogP contribution < -0.4 is 28.6 Å². The minimum atomic E-state index is -3.82. The molecule has 1 atom stereocenters. The average Bonchev–Trinajstić information content (AvgIpc) is 2.73. The predicted octanol–water partition coefficient (Wildman–Crippen LogP) is 2.92. The predicted molar refractivity (Wildman–Crippen MR) is 117 cm³/mol. The average molecular weight is 471 g/mol. The van der Waals surface area contributed by atoms with Gasteiger partial charge in [0, 0.05) is 18.2 Å². The number of halogens is 1. The number of carbonyl (C=O) groups is 1. The number of nitrogens with zero attached hydrogens (tertiary/aromatic N) is 1. The van der Waals surface area contributed by atoms with E-state index in [9.17, 15) is 13.2 Å². The van der Waals surface area contributed by atoms with Gasteiger partial charge in [0.2, 0.25) is 15.9 Å². The third-order valence-electron chi connectivity index (χ3n) is 4.60. The van der Waals surface area contributed by atoms with Crippen molar-refractivity contribution in [1.82, 2.24) is 0 Å². The lowest BCUT2D eigenvalue weighted by atomic mass is 10.2. The Kier molecular flexibility index (Phi) is 6.71. The van der Waals surface area contributed by atoms with Gasteiger partial charge in [0.25, 0.3) is 0 Å². The molecule has 1 aliphatic rings. The molecule has 1 heterocycles. The summed E-state index contributed by atoms with van der Waals surface area (Å²) in [5.74, 6) is 0.976. The molecule has 9 nitrogen and oxygen atoms in total. The van der Waals surface area contributed by atoms with Crippen LogP contribution >= 0.6 is 11.6 Å². The first-order valence-corrected chi connectivity index (χ1v) is 11.5. The summed E-state index contributed by atoms with van der Waals surface area (Å²) in [6.07, 6.45) is 1.03. The van der Waals surface area contributed by atoms with Crippen molar-refractivity contribution in [3.63, 3.8) is 0 Å². The van der Waals surface area contributed by atoms with Crippen molar-refractivity contribution in [2.45, 2.75) is 13.0 Å². The maximum Gasteiger partial charge on any atom is 0.248 e. The summed E-state index contributed by atoms with van der Waals surface area (Å²) in [5.41, 5.74) is 0.561. The maximum atomic E-state index is 13.0. The molecule has 0 saturated carbocycles. The Labute approximate surface area is 185 Å². The SMILES string of the molecule is COc1cc(NC(=O)[C@H](C)N(c2ccc3c(c2)OCCO3)S(C)(=O)=O)c(OC)cc1Cl.